The van der Waals surface area contributed by atoms with E-state index >= 15 is 0 Å². The molecule has 0 heterocycles. The first-order valence-corrected chi connectivity index (χ1v) is 8.22. The number of carboxylic acid groups (broad SMARTS) is 1. The van der Waals surface area contributed by atoms with Gasteiger partial charge in [0, 0.05) is 0 Å². The molecule has 3 aromatic rings. The van der Waals surface area contributed by atoms with Crippen molar-refractivity contribution < 1.29 is 21.5 Å². The number of carbonyl (C=O) groups is 1. The number of benzene rings is 3. The van der Waals surface area contributed by atoms with Gasteiger partial charge in [-0.3, -0.25) is 0 Å². The van der Waals surface area contributed by atoms with Gasteiger partial charge in [-0.05, 0) is 16.7 Å². The number of carboxylic acids is 1. The van der Waals surface area contributed by atoms with Gasteiger partial charge < -0.3 is 15.3 Å². The van der Waals surface area contributed by atoms with Crippen LogP contribution in [-0.4, -0.2) is 33.5 Å². The van der Waals surface area contributed by atoms with E-state index in [4.69, 9.17) is 1.37 Å². The lowest BCUT2D eigenvalue weighted by atomic mass is 9.59. The largest absolute Gasteiger partial charge is 0.479 e. The zero-order valence-electron chi connectivity index (χ0n) is 15.0. The Morgan fingerprint density at radius 1 is 0.808 bits per heavy atom. The number of rotatable bonds is 6. The van der Waals surface area contributed by atoms with Crippen LogP contribution in [-0.2, 0) is 10.2 Å². The fourth-order valence-electron chi connectivity index (χ4n) is 3.53. The molecule has 3 aromatic carbocycles. The average Bonchev–Trinajstić information content (AvgIpc) is 2.71. The first-order valence-electron chi connectivity index (χ1n) is 8.72. The molecule has 0 aromatic heterocycles. The lowest BCUT2D eigenvalue weighted by molar-refractivity contribution is -0.169. The SMILES string of the molecule is [2H]c1ccccc1C(c1ccccc1)(c1ccccc1)[C@@](O)(CO)C(=O)O. The van der Waals surface area contributed by atoms with E-state index in [0.29, 0.717) is 16.7 Å². The van der Waals surface area contributed by atoms with Crippen LogP contribution in [0, 0.1) is 0 Å². The van der Waals surface area contributed by atoms with Crippen molar-refractivity contribution in [3.63, 3.8) is 0 Å². The minimum Gasteiger partial charge on any atom is -0.479 e. The molecule has 3 rings (SSSR count). The highest BCUT2D eigenvalue weighted by atomic mass is 16.4. The van der Waals surface area contributed by atoms with Gasteiger partial charge in [-0.25, -0.2) is 4.79 Å². The third kappa shape index (κ3) is 2.60. The Bertz CT molecular complexity index is 888. The summed E-state index contributed by atoms with van der Waals surface area (Å²) in [5, 5.41) is 31.4. The monoisotopic (exact) mass is 349 g/mol. The van der Waals surface area contributed by atoms with Crippen LogP contribution in [0.1, 0.15) is 18.1 Å². The molecule has 0 fully saturated rings. The van der Waals surface area contributed by atoms with E-state index in [1.165, 1.54) is 6.07 Å². The molecule has 0 aliphatic carbocycles. The van der Waals surface area contributed by atoms with Crippen molar-refractivity contribution in [2.75, 3.05) is 6.61 Å². The summed E-state index contributed by atoms with van der Waals surface area (Å²) in [6, 6.07) is 23.9. The fraction of sp³-hybridized carbons (Fsp3) is 0.136. The first-order chi connectivity index (χ1) is 13.0. The molecule has 0 aliphatic rings. The van der Waals surface area contributed by atoms with Crippen LogP contribution < -0.4 is 0 Å². The molecule has 4 nitrogen and oxygen atoms in total. The topological polar surface area (TPSA) is 77.8 Å². The summed E-state index contributed by atoms with van der Waals surface area (Å²) in [7, 11) is 0. The van der Waals surface area contributed by atoms with Crippen molar-refractivity contribution in [1.29, 1.82) is 0 Å². The predicted molar refractivity (Wildman–Crippen MR) is 98.9 cm³/mol. The molecular formula is C22H20O4. The molecule has 132 valence electrons. The molecule has 0 bridgehead atoms. The first kappa shape index (κ1) is 16.5. The van der Waals surface area contributed by atoms with E-state index in [-0.39, 0.29) is 6.04 Å². The molecular weight excluding hydrogens is 328 g/mol. The molecule has 1 atom stereocenters. The molecule has 0 saturated heterocycles. The lowest BCUT2D eigenvalue weighted by Gasteiger charge is -2.45. The Morgan fingerprint density at radius 3 is 1.62 bits per heavy atom. The summed E-state index contributed by atoms with van der Waals surface area (Å²) in [5.74, 6) is -1.57. The van der Waals surface area contributed by atoms with Crippen LogP contribution >= 0.6 is 0 Å². The highest BCUT2D eigenvalue weighted by molar-refractivity contribution is 5.83. The van der Waals surface area contributed by atoms with Crippen LogP contribution in [0.5, 0.6) is 0 Å². The minimum absolute atomic E-state index is 0.0679. The molecule has 0 spiro atoms. The van der Waals surface area contributed by atoms with Crippen molar-refractivity contribution in [2.45, 2.75) is 11.0 Å². The molecule has 0 aliphatic heterocycles. The second-order valence-electron chi connectivity index (χ2n) is 6.08. The maximum Gasteiger partial charge on any atom is 0.339 e. The highest BCUT2D eigenvalue weighted by Crippen LogP contribution is 2.47. The second kappa shape index (κ2) is 7.12. The van der Waals surface area contributed by atoms with E-state index < -0.39 is 23.6 Å². The predicted octanol–water partition coefficient (Wildman–Crippen LogP) is 2.83. The van der Waals surface area contributed by atoms with E-state index in [2.05, 4.69) is 0 Å². The van der Waals surface area contributed by atoms with Crippen LogP contribution in [0.4, 0.5) is 0 Å². The van der Waals surface area contributed by atoms with Gasteiger partial charge in [0.25, 0.3) is 0 Å². The third-order valence-corrected chi connectivity index (χ3v) is 4.73. The van der Waals surface area contributed by atoms with Crippen LogP contribution in [0.25, 0.3) is 0 Å². The summed E-state index contributed by atoms with van der Waals surface area (Å²) >= 11 is 0. The average molecular weight is 349 g/mol. The van der Waals surface area contributed by atoms with Crippen molar-refractivity contribution in [1.82, 2.24) is 0 Å². The summed E-state index contributed by atoms with van der Waals surface area (Å²) in [5.41, 5.74) is -3.05. The van der Waals surface area contributed by atoms with Crippen LogP contribution in [0.2, 0.25) is 0 Å². The Kier molecular flexibility index (Phi) is 4.52. The molecule has 4 heteroatoms. The van der Waals surface area contributed by atoms with E-state index in [9.17, 15) is 20.1 Å². The number of hydrogen-bond donors (Lipinski definition) is 3. The van der Waals surface area contributed by atoms with Crippen molar-refractivity contribution >= 4 is 5.97 Å². The quantitative estimate of drug-likeness (QED) is 0.598. The summed E-state index contributed by atoms with van der Waals surface area (Å²) in [4.78, 5) is 12.3. The number of aliphatic hydroxyl groups excluding tert-OH is 1. The maximum atomic E-state index is 12.3. The lowest BCUT2D eigenvalue weighted by Crippen LogP contribution is -2.60. The summed E-state index contributed by atoms with van der Waals surface area (Å²) < 4.78 is 8.44. The van der Waals surface area contributed by atoms with Crippen LogP contribution in [0.3, 0.4) is 0 Å². The van der Waals surface area contributed by atoms with Gasteiger partial charge in [0.05, 0.1) is 13.4 Å². The Balaban J connectivity index is 2.55. The van der Waals surface area contributed by atoms with Gasteiger partial charge in [0.2, 0.25) is 5.60 Å². The number of aliphatic carboxylic acids is 1. The van der Waals surface area contributed by atoms with Crippen LogP contribution in [0.15, 0.2) is 91.0 Å². The molecule has 0 radical (unpaired) electrons. The van der Waals surface area contributed by atoms with Gasteiger partial charge in [0.15, 0.2) is 0 Å². The number of hydrogen-bond acceptors (Lipinski definition) is 3. The highest BCUT2D eigenvalue weighted by Gasteiger charge is 2.58. The van der Waals surface area contributed by atoms with Crippen molar-refractivity contribution in [3.05, 3.63) is 108 Å². The molecule has 0 amide bonds. The summed E-state index contributed by atoms with van der Waals surface area (Å²) in [6.45, 7) is -1.03. The Hall–Kier alpha value is -2.95. The standard InChI is InChI=1S/C22H20O4/c23-16-21(26,20(24)25)22(17-10-4-1-5-11-17,18-12-6-2-7-13-18)19-14-8-3-9-15-19/h1-15,23,26H,16H2,(H,24,25)/t21-/m1/s1/i10D. The van der Waals surface area contributed by atoms with Gasteiger partial charge >= 0.3 is 5.97 Å². The maximum absolute atomic E-state index is 12.3. The number of aliphatic hydroxyl groups is 2. The van der Waals surface area contributed by atoms with E-state index in [0.717, 1.165) is 0 Å². The molecule has 0 saturated carbocycles. The molecule has 0 unspecified atom stereocenters. The van der Waals surface area contributed by atoms with Gasteiger partial charge in [-0.1, -0.05) is 91.0 Å². The normalized spacial score (nSPS) is 14.3. The Morgan fingerprint density at radius 2 is 1.23 bits per heavy atom. The van der Waals surface area contributed by atoms with E-state index in [1.54, 1.807) is 78.9 Å². The van der Waals surface area contributed by atoms with Gasteiger partial charge in [-0.2, -0.15) is 0 Å². The van der Waals surface area contributed by atoms with Gasteiger partial charge in [0.1, 0.15) is 0 Å². The fourth-order valence-corrected chi connectivity index (χ4v) is 3.53. The third-order valence-electron chi connectivity index (χ3n) is 4.73. The minimum atomic E-state index is -2.59. The zero-order valence-corrected chi connectivity index (χ0v) is 14.0. The molecule has 26 heavy (non-hydrogen) atoms. The summed E-state index contributed by atoms with van der Waals surface area (Å²) in [6.07, 6.45) is 0. The van der Waals surface area contributed by atoms with Crippen molar-refractivity contribution in [3.8, 4) is 0 Å². The second-order valence-corrected chi connectivity index (χ2v) is 6.08. The van der Waals surface area contributed by atoms with E-state index in [1.807, 2.05) is 0 Å². The van der Waals surface area contributed by atoms with Gasteiger partial charge in [-0.15, -0.1) is 0 Å². The smallest absolute Gasteiger partial charge is 0.339 e. The molecule has 3 N–H and O–H groups in total. The Labute approximate surface area is 153 Å². The zero-order chi connectivity index (χ0) is 19.5. The van der Waals surface area contributed by atoms with Crippen molar-refractivity contribution in [2.24, 2.45) is 0 Å².